The molecule has 4 amide bonds. The first-order chi connectivity index (χ1) is 19.3. The van der Waals surface area contributed by atoms with Gasteiger partial charge in [-0.25, -0.2) is 4.79 Å². The fourth-order valence-corrected chi connectivity index (χ4v) is 4.82. The Balaban J connectivity index is 2.18. The lowest BCUT2D eigenvalue weighted by Gasteiger charge is -2.20. The van der Waals surface area contributed by atoms with Crippen LogP contribution < -0.4 is 10.6 Å². The van der Waals surface area contributed by atoms with Crippen molar-refractivity contribution in [1.29, 1.82) is 0 Å². The van der Waals surface area contributed by atoms with Crippen molar-refractivity contribution < 1.29 is 19.1 Å². The molecule has 11 heteroatoms. The van der Waals surface area contributed by atoms with Crippen LogP contribution in [0.25, 0.3) is 0 Å². The van der Waals surface area contributed by atoms with Gasteiger partial charge in [-0.1, -0.05) is 33.4 Å². The molecule has 1 aliphatic rings. The van der Waals surface area contributed by atoms with E-state index in [-0.39, 0.29) is 23.7 Å². The van der Waals surface area contributed by atoms with Crippen LogP contribution in [-0.4, -0.2) is 86.5 Å². The van der Waals surface area contributed by atoms with Gasteiger partial charge in [0.1, 0.15) is 5.00 Å². The zero-order valence-corrected chi connectivity index (χ0v) is 26.4. The average molecular weight is 585 g/mol. The number of rotatable bonds is 10. The summed E-state index contributed by atoms with van der Waals surface area (Å²) in [6, 6.07) is 1.38. The number of nitrogens with one attached hydrogen (secondary N) is 2. The second-order valence-corrected chi connectivity index (χ2v) is 11.9. The van der Waals surface area contributed by atoms with Crippen LogP contribution in [0.15, 0.2) is 51.7 Å². The van der Waals surface area contributed by atoms with E-state index in [0.29, 0.717) is 54.7 Å². The van der Waals surface area contributed by atoms with Crippen LogP contribution in [0.2, 0.25) is 0 Å². The molecule has 0 bridgehead atoms. The Morgan fingerprint density at radius 2 is 1.93 bits per heavy atom. The summed E-state index contributed by atoms with van der Waals surface area (Å²) in [6.07, 6.45) is 5.46. The molecule has 1 aliphatic heterocycles. The van der Waals surface area contributed by atoms with Crippen LogP contribution in [0.4, 0.5) is 9.80 Å². The first-order valence-electron chi connectivity index (χ1n) is 13.6. The summed E-state index contributed by atoms with van der Waals surface area (Å²) in [5.74, 6) is -0.188. The Labute approximate surface area is 247 Å². The lowest BCUT2D eigenvalue weighted by atomic mass is 9.94. The van der Waals surface area contributed by atoms with Crippen molar-refractivity contribution in [2.75, 3.05) is 52.3 Å². The normalized spacial score (nSPS) is 15.8. The lowest BCUT2D eigenvalue weighted by molar-refractivity contribution is -0.129. The van der Waals surface area contributed by atoms with Gasteiger partial charge >= 0.3 is 6.03 Å². The fourth-order valence-electron chi connectivity index (χ4n) is 3.72. The highest BCUT2D eigenvalue weighted by Gasteiger charge is 2.28. The maximum absolute atomic E-state index is 13.6. The molecule has 0 spiro atoms. The number of ether oxygens (including phenoxy) is 1. The Morgan fingerprint density at radius 1 is 1.22 bits per heavy atom. The van der Waals surface area contributed by atoms with Gasteiger partial charge in [-0.2, -0.15) is 0 Å². The topological polar surface area (TPSA) is 116 Å². The van der Waals surface area contributed by atoms with Crippen LogP contribution in [0.3, 0.4) is 0 Å². The van der Waals surface area contributed by atoms with Gasteiger partial charge in [-0.3, -0.25) is 24.9 Å². The number of allylic oxidation sites excluding steroid dienone is 3. The number of aliphatic imine (C=N–C) groups is 2. The molecule has 0 atom stereocenters. The number of methoxy groups -OCH3 is 1. The van der Waals surface area contributed by atoms with Crippen molar-refractivity contribution in [2.24, 2.45) is 9.98 Å². The Hall–Kier alpha value is -3.57. The minimum atomic E-state index is -0.473. The maximum atomic E-state index is 13.6. The number of thiophene rings is 1. The molecule has 1 fully saturated rings. The number of carbonyl (C=O) groups excluding carboxylic acids is 3. The minimum Gasteiger partial charge on any atom is -0.383 e. The number of carbonyl (C=O) groups is 3. The molecule has 41 heavy (non-hydrogen) atoms. The summed E-state index contributed by atoms with van der Waals surface area (Å²) in [4.78, 5) is 51.8. The molecule has 2 heterocycles. The minimum absolute atomic E-state index is 0.0136. The standard InChI is InChI=1S/C30H44N6O4S/c1-10-23(17-20(2)22(4)32-19-21(3)31-12-16-40-9)33-29(39)34-27-24(18-25(41-27)30(5,6)7)28(38)36-13-11-26(37)35(8)14-15-36/h10,17-19H,4,11-16H2,1-3,5-9H3,(H2,33,34,39)/b20-17+,23-10?,31-21?,32-19?. The highest BCUT2D eigenvalue weighted by atomic mass is 32.1. The van der Waals surface area contributed by atoms with Crippen molar-refractivity contribution in [3.8, 4) is 0 Å². The molecule has 1 saturated heterocycles. The highest BCUT2D eigenvalue weighted by molar-refractivity contribution is 7.16. The van der Waals surface area contributed by atoms with Crippen molar-refractivity contribution >= 4 is 46.1 Å². The fraction of sp³-hybridized carbons (Fsp3) is 0.500. The van der Waals surface area contributed by atoms with Gasteiger partial charge in [-0.05, 0) is 43.9 Å². The second kappa shape index (κ2) is 15.4. The van der Waals surface area contributed by atoms with Crippen molar-refractivity contribution in [3.63, 3.8) is 0 Å². The first kappa shape index (κ1) is 33.6. The molecule has 0 aromatic carbocycles. The van der Waals surface area contributed by atoms with Gasteiger partial charge in [0.05, 0.1) is 30.1 Å². The number of hydrogen-bond acceptors (Lipinski definition) is 7. The third-order valence-corrected chi connectivity index (χ3v) is 7.88. The zero-order valence-electron chi connectivity index (χ0n) is 25.6. The smallest absolute Gasteiger partial charge is 0.324 e. The van der Waals surface area contributed by atoms with Crippen LogP contribution in [-0.2, 0) is 14.9 Å². The largest absolute Gasteiger partial charge is 0.383 e. The van der Waals surface area contributed by atoms with E-state index < -0.39 is 6.03 Å². The highest BCUT2D eigenvalue weighted by Crippen LogP contribution is 2.37. The SMILES string of the molecule is C=C(N=CC(C)=NCCOC)/C(C)=C/C(=CC)NC(=O)Nc1sc(C(C)(C)C)cc1C(=O)N1CCC(=O)N(C)CC1. The maximum Gasteiger partial charge on any atom is 0.324 e. The molecule has 1 aromatic heterocycles. The number of nitrogens with zero attached hydrogens (tertiary/aromatic N) is 4. The zero-order chi connectivity index (χ0) is 30.7. The second-order valence-electron chi connectivity index (χ2n) is 10.8. The molecule has 0 unspecified atom stereocenters. The lowest BCUT2D eigenvalue weighted by Crippen LogP contribution is -2.35. The molecular formula is C30H44N6O4S. The summed E-state index contributed by atoms with van der Waals surface area (Å²) in [6.45, 7) is 18.1. The van der Waals surface area contributed by atoms with Crippen molar-refractivity contribution in [3.05, 3.63) is 52.2 Å². The first-order valence-corrected chi connectivity index (χ1v) is 14.4. The van der Waals surface area contributed by atoms with Gasteiger partial charge in [0.15, 0.2) is 0 Å². The van der Waals surface area contributed by atoms with Crippen molar-refractivity contribution in [1.82, 2.24) is 15.1 Å². The number of hydrogen-bond donors (Lipinski definition) is 2. The van der Waals surface area contributed by atoms with Crippen LogP contribution in [0.5, 0.6) is 0 Å². The number of anilines is 1. The summed E-state index contributed by atoms with van der Waals surface area (Å²) >= 11 is 1.38. The predicted molar refractivity (Wildman–Crippen MR) is 168 cm³/mol. The molecule has 2 rings (SSSR count). The van der Waals surface area contributed by atoms with Crippen LogP contribution >= 0.6 is 11.3 Å². The molecule has 224 valence electrons. The number of urea groups is 1. The van der Waals surface area contributed by atoms with Crippen LogP contribution in [0.1, 0.15) is 63.2 Å². The monoisotopic (exact) mass is 584 g/mol. The van der Waals surface area contributed by atoms with E-state index in [4.69, 9.17) is 4.74 Å². The third-order valence-electron chi connectivity index (χ3n) is 6.40. The van der Waals surface area contributed by atoms with E-state index in [1.165, 1.54) is 11.3 Å². The van der Waals surface area contributed by atoms with Crippen LogP contribution in [0, 0.1) is 0 Å². The van der Waals surface area contributed by atoms with Gasteiger partial charge in [0.25, 0.3) is 5.91 Å². The van der Waals surface area contributed by atoms with Gasteiger partial charge < -0.3 is 19.9 Å². The summed E-state index contributed by atoms with van der Waals surface area (Å²) in [5, 5.41) is 6.20. The van der Waals surface area contributed by atoms with Gasteiger partial charge in [-0.15, -0.1) is 11.3 Å². The Bertz CT molecular complexity index is 1250. The summed E-state index contributed by atoms with van der Waals surface area (Å²) < 4.78 is 5.00. The molecule has 0 saturated carbocycles. The molecule has 2 N–H and O–H groups in total. The van der Waals surface area contributed by atoms with Gasteiger partial charge in [0.2, 0.25) is 5.91 Å². The molecule has 0 aliphatic carbocycles. The molecule has 10 nitrogen and oxygen atoms in total. The quantitative estimate of drug-likeness (QED) is 0.228. The van der Waals surface area contributed by atoms with Crippen molar-refractivity contribution in [2.45, 2.75) is 53.4 Å². The number of amides is 4. The predicted octanol–water partition coefficient (Wildman–Crippen LogP) is 5.01. The number of likely N-dealkylation sites (N-methyl/N-ethyl adjacent to an activating group) is 1. The molecule has 0 radical (unpaired) electrons. The van der Waals surface area contributed by atoms with E-state index in [1.54, 1.807) is 42.3 Å². The van der Waals surface area contributed by atoms with E-state index in [1.807, 2.05) is 26.8 Å². The average Bonchev–Trinajstić information content (AvgIpc) is 3.27. The molecular weight excluding hydrogens is 540 g/mol. The Kier molecular flexibility index (Phi) is 12.7. The summed E-state index contributed by atoms with van der Waals surface area (Å²) in [5.41, 5.74) is 2.82. The van der Waals surface area contributed by atoms with E-state index >= 15 is 0 Å². The summed E-state index contributed by atoms with van der Waals surface area (Å²) in [7, 11) is 3.37. The van der Waals surface area contributed by atoms with Gasteiger partial charge in [0, 0.05) is 57.0 Å². The van der Waals surface area contributed by atoms with E-state index in [0.717, 1.165) is 16.2 Å². The third kappa shape index (κ3) is 10.4. The molecule has 1 aromatic rings. The van der Waals surface area contributed by atoms with E-state index in [9.17, 15) is 14.4 Å². The Morgan fingerprint density at radius 3 is 2.56 bits per heavy atom. The van der Waals surface area contributed by atoms with E-state index in [2.05, 4.69) is 48.0 Å².